The van der Waals surface area contributed by atoms with Crippen LogP contribution in [0.25, 0.3) is 22.0 Å². The van der Waals surface area contributed by atoms with Crippen molar-refractivity contribution in [1.82, 2.24) is 9.55 Å². The highest BCUT2D eigenvalue weighted by Gasteiger charge is 2.13. The van der Waals surface area contributed by atoms with Crippen molar-refractivity contribution < 1.29 is 4.79 Å². The molecule has 3 rings (SSSR count). The van der Waals surface area contributed by atoms with E-state index in [0.717, 1.165) is 42.5 Å². The van der Waals surface area contributed by atoms with Gasteiger partial charge in [-0.05, 0) is 41.8 Å². The van der Waals surface area contributed by atoms with Crippen molar-refractivity contribution in [3.05, 3.63) is 64.7 Å². The van der Waals surface area contributed by atoms with Crippen molar-refractivity contribution in [2.24, 2.45) is 5.73 Å². The van der Waals surface area contributed by atoms with Crippen LogP contribution < -0.4 is 11.2 Å². The summed E-state index contributed by atoms with van der Waals surface area (Å²) in [5.41, 5.74) is 7.98. The summed E-state index contributed by atoms with van der Waals surface area (Å²) in [5, 5.41) is 0.519. The minimum Gasteiger partial charge on any atom is -0.365 e. The van der Waals surface area contributed by atoms with Crippen LogP contribution >= 0.6 is 0 Å². The first-order valence-corrected chi connectivity index (χ1v) is 8.49. The van der Waals surface area contributed by atoms with Crippen LogP contribution in [-0.2, 0) is 6.54 Å². The predicted molar refractivity (Wildman–Crippen MR) is 99.5 cm³/mol. The lowest BCUT2D eigenvalue weighted by atomic mass is 10.0. The largest absolute Gasteiger partial charge is 0.365 e. The third-order valence-corrected chi connectivity index (χ3v) is 4.36. The normalized spacial score (nSPS) is 10.9. The monoisotopic (exact) mass is 335 g/mol. The molecule has 5 heteroatoms. The molecule has 25 heavy (non-hydrogen) atoms. The Hall–Kier alpha value is -2.95. The number of fused-ring (bicyclic) bond motifs is 1. The number of benzene rings is 1. The maximum absolute atomic E-state index is 12.6. The second-order valence-corrected chi connectivity index (χ2v) is 6.10. The Kier molecular flexibility index (Phi) is 4.93. The Bertz CT molecular complexity index is 962. The number of nitrogens with two attached hydrogens (primary N) is 1. The molecule has 0 aliphatic rings. The van der Waals surface area contributed by atoms with Crippen LogP contribution in [-0.4, -0.2) is 15.5 Å². The van der Waals surface area contributed by atoms with E-state index < -0.39 is 5.91 Å². The third-order valence-electron chi connectivity index (χ3n) is 4.36. The zero-order valence-electron chi connectivity index (χ0n) is 14.2. The van der Waals surface area contributed by atoms with E-state index >= 15 is 0 Å². The smallest absolute Gasteiger partial charge is 0.254 e. The number of carbonyl (C=O) groups excluding carboxylic acids is 1. The van der Waals surface area contributed by atoms with Gasteiger partial charge in [-0.1, -0.05) is 25.8 Å². The van der Waals surface area contributed by atoms with E-state index in [4.69, 9.17) is 5.73 Å². The zero-order valence-corrected chi connectivity index (χ0v) is 14.2. The average molecular weight is 335 g/mol. The van der Waals surface area contributed by atoms with E-state index in [9.17, 15) is 9.59 Å². The van der Waals surface area contributed by atoms with Crippen molar-refractivity contribution in [1.29, 1.82) is 0 Å². The van der Waals surface area contributed by atoms with Gasteiger partial charge in [-0.15, -0.1) is 0 Å². The molecule has 1 amide bonds. The first-order valence-electron chi connectivity index (χ1n) is 8.49. The average Bonchev–Trinajstić information content (AvgIpc) is 2.64. The van der Waals surface area contributed by atoms with E-state index in [1.165, 1.54) is 0 Å². The summed E-state index contributed by atoms with van der Waals surface area (Å²) in [6.07, 6.45) is 8.24. The molecule has 2 heterocycles. The highest BCUT2D eigenvalue weighted by Crippen LogP contribution is 2.23. The second-order valence-electron chi connectivity index (χ2n) is 6.10. The Morgan fingerprint density at radius 1 is 1.12 bits per heavy atom. The second kappa shape index (κ2) is 7.30. The molecule has 0 unspecified atom stereocenters. The van der Waals surface area contributed by atoms with Gasteiger partial charge in [-0.2, -0.15) is 0 Å². The van der Waals surface area contributed by atoms with Gasteiger partial charge in [0, 0.05) is 30.5 Å². The summed E-state index contributed by atoms with van der Waals surface area (Å²) in [4.78, 5) is 28.3. The Labute approximate surface area is 146 Å². The lowest BCUT2D eigenvalue weighted by molar-refractivity contribution is 0.0998. The first kappa shape index (κ1) is 16.9. The van der Waals surface area contributed by atoms with Crippen LogP contribution in [0.15, 0.2) is 53.7 Å². The Morgan fingerprint density at radius 3 is 2.56 bits per heavy atom. The van der Waals surface area contributed by atoms with Crippen molar-refractivity contribution in [2.45, 2.75) is 32.7 Å². The number of unbranched alkanes of at least 4 members (excludes halogenated alkanes) is 2. The molecule has 1 aromatic carbocycles. The summed E-state index contributed by atoms with van der Waals surface area (Å²) < 4.78 is 1.97. The van der Waals surface area contributed by atoms with Crippen LogP contribution in [0.3, 0.4) is 0 Å². The lowest BCUT2D eigenvalue weighted by Crippen LogP contribution is -2.24. The number of aryl methyl sites for hydroxylation is 1. The summed E-state index contributed by atoms with van der Waals surface area (Å²) in [5.74, 6) is -0.686. The molecule has 0 atom stereocenters. The SMILES string of the molecule is CCCCCn1cc(C(N)=O)c(=O)c2ccc(-c3ccncc3)cc21. The standard InChI is InChI=1S/C20H21N3O2/c1-2-3-4-11-23-13-17(20(21)25)19(24)16-6-5-15(12-18(16)23)14-7-9-22-10-8-14/h5-10,12-13H,2-4,11H2,1H3,(H2,21,25). The third kappa shape index (κ3) is 3.45. The molecule has 0 saturated heterocycles. The van der Waals surface area contributed by atoms with Crippen molar-refractivity contribution in [2.75, 3.05) is 0 Å². The number of nitrogens with zero attached hydrogens (tertiary/aromatic N) is 2. The quantitative estimate of drug-likeness (QED) is 0.702. The molecule has 0 aliphatic carbocycles. The zero-order chi connectivity index (χ0) is 17.8. The fraction of sp³-hybridized carbons (Fsp3) is 0.250. The summed E-state index contributed by atoms with van der Waals surface area (Å²) >= 11 is 0. The number of aromatic nitrogens is 2. The van der Waals surface area contributed by atoms with E-state index in [1.807, 2.05) is 28.8 Å². The molecular weight excluding hydrogens is 314 g/mol. The number of pyridine rings is 2. The molecule has 0 spiro atoms. The molecule has 5 nitrogen and oxygen atoms in total. The maximum atomic E-state index is 12.6. The molecule has 2 aromatic heterocycles. The number of amides is 1. The van der Waals surface area contributed by atoms with Gasteiger partial charge in [0.1, 0.15) is 5.56 Å². The summed E-state index contributed by atoms with van der Waals surface area (Å²) in [7, 11) is 0. The molecule has 3 aromatic rings. The van der Waals surface area contributed by atoms with E-state index in [0.29, 0.717) is 5.39 Å². The first-order chi connectivity index (χ1) is 12.1. The van der Waals surface area contributed by atoms with Crippen LogP contribution in [0.4, 0.5) is 0 Å². The van der Waals surface area contributed by atoms with Gasteiger partial charge >= 0.3 is 0 Å². The summed E-state index contributed by atoms with van der Waals surface area (Å²) in [6, 6.07) is 9.51. The number of rotatable bonds is 6. The van der Waals surface area contributed by atoms with Crippen molar-refractivity contribution in [3.8, 4) is 11.1 Å². The molecule has 128 valence electrons. The molecule has 0 fully saturated rings. The van der Waals surface area contributed by atoms with Gasteiger partial charge in [0.25, 0.3) is 5.91 Å². The molecule has 0 bridgehead atoms. The van der Waals surface area contributed by atoms with E-state index in [1.54, 1.807) is 24.7 Å². The van der Waals surface area contributed by atoms with E-state index in [-0.39, 0.29) is 11.0 Å². The van der Waals surface area contributed by atoms with Gasteiger partial charge in [-0.25, -0.2) is 0 Å². The highest BCUT2D eigenvalue weighted by molar-refractivity contribution is 5.96. The number of hydrogen-bond donors (Lipinski definition) is 1. The van der Waals surface area contributed by atoms with Crippen molar-refractivity contribution in [3.63, 3.8) is 0 Å². The summed E-state index contributed by atoms with van der Waals surface area (Å²) in [6.45, 7) is 2.88. The Balaban J connectivity index is 2.19. The van der Waals surface area contributed by atoms with Gasteiger partial charge in [0.05, 0.1) is 5.52 Å². The number of hydrogen-bond acceptors (Lipinski definition) is 3. The van der Waals surface area contributed by atoms with Crippen LogP contribution in [0.1, 0.15) is 36.5 Å². The molecule has 0 saturated carbocycles. The van der Waals surface area contributed by atoms with Crippen LogP contribution in [0.5, 0.6) is 0 Å². The number of carbonyl (C=O) groups is 1. The number of primary amides is 1. The predicted octanol–water partition coefficient (Wildman–Crippen LogP) is 3.35. The lowest BCUT2D eigenvalue weighted by Gasteiger charge is -2.14. The fourth-order valence-electron chi connectivity index (χ4n) is 3.01. The van der Waals surface area contributed by atoms with Gasteiger partial charge in [0.2, 0.25) is 5.43 Å². The highest BCUT2D eigenvalue weighted by atomic mass is 16.2. The molecule has 2 N–H and O–H groups in total. The van der Waals surface area contributed by atoms with Crippen molar-refractivity contribution >= 4 is 16.8 Å². The van der Waals surface area contributed by atoms with Gasteiger partial charge in [-0.3, -0.25) is 14.6 Å². The maximum Gasteiger partial charge on any atom is 0.254 e. The van der Waals surface area contributed by atoms with Gasteiger partial charge in [0.15, 0.2) is 0 Å². The minimum absolute atomic E-state index is 0.0423. The van der Waals surface area contributed by atoms with Gasteiger partial charge < -0.3 is 10.3 Å². The topological polar surface area (TPSA) is 78.0 Å². The fourth-order valence-corrected chi connectivity index (χ4v) is 3.01. The molecule has 0 aliphatic heterocycles. The van der Waals surface area contributed by atoms with E-state index in [2.05, 4.69) is 11.9 Å². The van der Waals surface area contributed by atoms with Crippen LogP contribution in [0.2, 0.25) is 0 Å². The molecular formula is C20H21N3O2. The Morgan fingerprint density at radius 2 is 1.88 bits per heavy atom. The molecule has 0 radical (unpaired) electrons. The minimum atomic E-state index is -0.686. The van der Waals surface area contributed by atoms with Crippen LogP contribution in [0, 0.1) is 0 Å².